The van der Waals surface area contributed by atoms with Crippen molar-refractivity contribution in [3.63, 3.8) is 0 Å². The Kier molecular flexibility index (Phi) is 3.53. The summed E-state index contributed by atoms with van der Waals surface area (Å²) in [5.74, 6) is 0. The molecule has 1 atom stereocenters. The van der Waals surface area contributed by atoms with Gasteiger partial charge < -0.3 is 5.32 Å². The molecule has 1 fully saturated rings. The summed E-state index contributed by atoms with van der Waals surface area (Å²) in [6.45, 7) is 7.71. The van der Waals surface area contributed by atoms with Crippen LogP contribution in [0, 0.1) is 6.92 Å². The van der Waals surface area contributed by atoms with Crippen molar-refractivity contribution in [3.05, 3.63) is 5.01 Å². The maximum absolute atomic E-state index is 4.05. The number of likely N-dealkylation sites (tertiary alicyclic amines) is 1. The van der Waals surface area contributed by atoms with Crippen molar-refractivity contribution < 1.29 is 0 Å². The normalized spacial score (nSPS) is 19.3. The van der Waals surface area contributed by atoms with Crippen molar-refractivity contribution in [2.45, 2.75) is 32.7 Å². The SMILES string of the molecule is Cc1nnc(NCC(C)N2CCCC2)s1. The number of nitrogens with zero attached hydrogens (tertiary/aromatic N) is 3. The van der Waals surface area contributed by atoms with E-state index in [0.717, 1.165) is 16.7 Å². The molecule has 1 aromatic rings. The molecule has 1 aromatic heterocycles. The Morgan fingerprint density at radius 2 is 2.13 bits per heavy atom. The Morgan fingerprint density at radius 3 is 2.73 bits per heavy atom. The highest BCUT2D eigenvalue weighted by molar-refractivity contribution is 7.15. The van der Waals surface area contributed by atoms with E-state index < -0.39 is 0 Å². The Balaban J connectivity index is 1.77. The summed E-state index contributed by atoms with van der Waals surface area (Å²) in [7, 11) is 0. The second-order valence-corrected chi connectivity index (χ2v) is 5.28. The molecule has 2 rings (SSSR count). The minimum atomic E-state index is 0.594. The van der Waals surface area contributed by atoms with Gasteiger partial charge in [-0.25, -0.2) is 0 Å². The number of hydrogen-bond acceptors (Lipinski definition) is 5. The summed E-state index contributed by atoms with van der Waals surface area (Å²) >= 11 is 1.62. The van der Waals surface area contributed by atoms with E-state index in [1.54, 1.807) is 11.3 Å². The van der Waals surface area contributed by atoms with Gasteiger partial charge in [0.1, 0.15) is 5.01 Å². The molecule has 1 N–H and O–H groups in total. The van der Waals surface area contributed by atoms with Crippen molar-refractivity contribution in [1.29, 1.82) is 0 Å². The summed E-state index contributed by atoms with van der Waals surface area (Å²) in [6, 6.07) is 0.594. The molecule has 1 aliphatic heterocycles. The van der Waals surface area contributed by atoms with Crippen LogP contribution < -0.4 is 5.32 Å². The molecule has 4 nitrogen and oxygen atoms in total. The fraction of sp³-hybridized carbons (Fsp3) is 0.800. The average molecular weight is 226 g/mol. The van der Waals surface area contributed by atoms with Gasteiger partial charge in [-0.1, -0.05) is 11.3 Å². The van der Waals surface area contributed by atoms with E-state index in [9.17, 15) is 0 Å². The van der Waals surface area contributed by atoms with Gasteiger partial charge in [-0.05, 0) is 39.8 Å². The Hall–Kier alpha value is -0.680. The molecule has 0 amide bonds. The van der Waals surface area contributed by atoms with E-state index >= 15 is 0 Å². The van der Waals surface area contributed by atoms with Crippen molar-refractivity contribution in [2.75, 3.05) is 25.0 Å². The van der Waals surface area contributed by atoms with Gasteiger partial charge in [-0.3, -0.25) is 4.90 Å². The van der Waals surface area contributed by atoms with Crippen molar-refractivity contribution in [2.24, 2.45) is 0 Å². The maximum atomic E-state index is 4.05. The monoisotopic (exact) mass is 226 g/mol. The lowest BCUT2D eigenvalue weighted by Crippen LogP contribution is -2.35. The predicted molar refractivity (Wildman–Crippen MR) is 63.4 cm³/mol. The summed E-state index contributed by atoms with van der Waals surface area (Å²) < 4.78 is 0. The molecule has 1 unspecified atom stereocenters. The van der Waals surface area contributed by atoms with E-state index in [0.29, 0.717) is 6.04 Å². The van der Waals surface area contributed by atoms with Crippen LogP contribution in [0.3, 0.4) is 0 Å². The third-order valence-electron chi connectivity index (χ3n) is 2.84. The van der Waals surface area contributed by atoms with E-state index in [-0.39, 0.29) is 0 Å². The average Bonchev–Trinajstić information content (AvgIpc) is 2.84. The van der Waals surface area contributed by atoms with Gasteiger partial charge in [0.25, 0.3) is 0 Å². The molecule has 0 spiro atoms. The molecule has 15 heavy (non-hydrogen) atoms. The third kappa shape index (κ3) is 2.89. The number of nitrogens with one attached hydrogen (secondary N) is 1. The van der Waals surface area contributed by atoms with Crippen LogP contribution in [-0.4, -0.2) is 40.8 Å². The molecule has 0 saturated carbocycles. The van der Waals surface area contributed by atoms with Crippen LogP contribution in [0.2, 0.25) is 0 Å². The molecule has 1 aliphatic rings. The third-order valence-corrected chi connectivity index (χ3v) is 3.64. The first-order chi connectivity index (χ1) is 7.25. The Bertz CT molecular complexity index is 306. The quantitative estimate of drug-likeness (QED) is 0.849. The molecule has 0 aliphatic carbocycles. The molecule has 0 aromatic carbocycles. The topological polar surface area (TPSA) is 41.1 Å². The Morgan fingerprint density at radius 1 is 1.40 bits per heavy atom. The van der Waals surface area contributed by atoms with Crippen molar-refractivity contribution in [3.8, 4) is 0 Å². The van der Waals surface area contributed by atoms with Gasteiger partial charge >= 0.3 is 0 Å². The molecule has 0 bridgehead atoms. The second kappa shape index (κ2) is 4.90. The van der Waals surface area contributed by atoms with Gasteiger partial charge in [0, 0.05) is 12.6 Å². The second-order valence-electron chi connectivity index (χ2n) is 4.10. The van der Waals surface area contributed by atoms with Crippen LogP contribution in [0.1, 0.15) is 24.8 Å². The van der Waals surface area contributed by atoms with Gasteiger partial charge in [0.2, 0.25) is 5.13 Å². The molecule has 0 radical (unpaired) electrons. The highest BCUT2D eigenvalue weighted by Gasteiger charge is 2.17. The fourth-order valence-corrected chi connectivity index (χ4v) is 2.51. The minimum absolute atomic E-state index is 0.594. The molecule has 2 heterocycles. The number of aryl methyl sites for hydroxylation is 1. The highest BCUT2D eigenvalue weighted by Crippen LogP contribution is 2.15. The van der Waals surface area contributed by atoms with Crippen molar-refractivity contribution >= 4 is 16.5 Å². The van der Waals surface area contributed by atoms with Gasteiger partial charge in [-0.15, -0.1) is 10.2 Å². The van der Waals surface area contributed by atoms with E-state index in [1.807, 2.05) is 6.92 Å². The van der Waals surface area contributed by atoms with Crippen LogP contribution in [0.25, 0.3) is 0 Å². The zero-order valence-corrected chi connectivity index (χ0v) is 10.2. The van der Waals surface area contributed by atoms with Crippen LogP contribution >= 0.6 is 11.3 Å². The maximum Gasteiger partial charge on any atom is 0.205 e. The summed E-state index contributed by atoms with van der Waals surface area (Å²) in [5.41, 5.74) is 0. The lowest BCUT2D eigenvalue weighted by molar-refractivity contribution is 0.269. The van der Waals surface area contributed by atoms with E-state index in [4.69, 9.17) is 0 Å². The number of aromatic nitrogens is 2. The predicted octanol–water partition coefficient (Wildman–Crippen LogP) is 1.74. The Labute approximate surface area is 94.7 Å². The standard InChI is InChI=1S/C10H18N4S/c1-8(14-5-3-4-6-14)7-11-10-13-12-9(2)15-10/h8H,3-7H2,1-2H3,(H,11,13). The van der Waals surface area contributed by atoms with Gasteiger partial charge in [0.05, 0.1) is 0 Å². The lowest BCUT2D eigenvalue weighted by Gasteiger charge is -2.23. The van der Waals surface area contributed by atoms with Crippen molar-refractivity contribution in [1.82, 2.24) is 15.1 Å². The van der Waals surface area contributed by atoms with Crippen LogP contribution in [0.5, 0.6) is 0 Å². The molecule has 84 valence electrons. The summed E-state index contributed by atoms with van der Waals surface area (Å²) in [4.78, 5) is 2.53. The molecular formula is C10H18N4S. The first-order valence-corrected chi connectivity index (χ1v) is 6.35. The van der Waals surface area contributed by atoms with E-state index in [2.05, 4.69) is 27.3 Å². The van der Waals surface area contributed by atoms with Crippen LogP contribution in [0.4, 0.5) is 5.13 Å². The first-order valence-electron chi connectivity index (χ1n) is 5.54. The lowest BCUT2D eigenvalue weighted by atomic mass is 10.3. The zero-order valence-electron chi connectivity index (χ0n) is 9.36. The van der Waals surface area contributed by atoms with Gasteiger partial charge in [-0.2, -0.15) is 0 Å². The van der Waals surface area contributed by atoms with Crippen LogP contribution in [0.15, 0.2) is 0 Å². The molecule has 1 saturated heterocycles. The highest BCUT2D eigenvalue weighted by atomic mass is 32.1. The first kappa shape index (κ1) is 10.8. The number of anilines is 1. The summed E-state index contributed by atoms with van der Waals surface area (Å²) in [5, 5.41) is 13.3. The zero-order chi connectivity index (χ0) is 10.7. The summed E-state index contributed by atoms with van der Waals surface area (Å²) in [6.07, 6.45) is 2.70. The van der Waals surface area contributed by atoms with Crippen LogP contribution in [-0.2, 0) is 0 Å². The minimum Gasteiger partial charge on any atom is -0.359 e. The number of hydrogen-bond donors (Lipinski definition) is 1. The van der Waals surface area contributed by atoms with E-state index in [1.165, 1.54) is 25.9 Å². The smallest absolute Gasteiger partial charge is 0.205 e. The van der Waals surface area contributed by atoms with Gasteiger partial charge in [0.15, 0.2) is 0 Å². The fourth-order valence-electron chi connectivity index (χ4n) is 1.91. The molecular weight excluding hydrogens is 208 g/mol. The molecule has 5 heteroatoms. The largest absolute Gasteiger partial charge is 0.359 e. The number of rotatable bonds is 4.